The zero-order valence-corrected chi connectivity index (χ0v) is 18.9. The van der Waals surface area contributed by atoms with E-state index in [1.807, 2.05) is 24.3 Å². The summed E-state index contributed by atoms with van der Waals surface area (Å²) >= 11 is 0. The third-order valence-corrected chi connectivity index (χ3v) is 5.33. The predicted molar refractivity (Wildman–Crippen MR) is 134 cm³/mol. The molecule has 1 saturated heterocycles. The highest BCUT2D eigenvalue weighted by molar-refractivity contribution is 6.04. The number of nitrogens with zero attached hydrogens (tertiary/aromatic N) is 2. The molecule has 1 amide bonds. The van der Waals surface area contributed by atoms with E-state index in [-0.39, 0.29) is 12.0 Å². The second-order valence-electron chi connectivity index (χ2n) is 7.78. The van der Waals surface area contributed by atoms with Crippen LogP contribution in [0.25, 0.3) is 10.9 Å². The number of hydrogen-bond acceptors (Lipinski definition) is 8. The summed E-state index contributed by atoms with van der Waals surface area (Å²) in [6.45, 7) is 1.42. The molecule has 0 spiro atoms. The number of amides is 1. The third kappa shape index (κ3) is 5.75. The van der Waals surface area contributed by atoms with Crippen molar-refractivity contribution >= 4 is 33.9 Å². The summed E-state index contributed by atoms with van der Waals surface area (Å²) < 4.78 is 11.6. The minimum atomic E-state index is -0.354. The van der Waals surface area contributed by atoms with Crippen LogP contribution in [0.3, 0.4) is 0 Å². The van der Waals surface area contributed by atoms with Crippen molar-refractivity contribution in [1.29, 1.82) is 5.26 Å². The molecule has 0 radical (unpaired) electrons. The Morgan fingerprint density at radius 1 is 1.37 bits per heavy atom. The molecule has 1 aromatic heterocycles. The fourth-order valence-electron chi connectivity index (χ4n) is 3.66. The quantitative estimate of drug-likeness (QED) is 0.172. The molecule has 9 nitrogen and oxygen atoms in total. The summed E-state index contributed by atoms with van der Waals surface area (Å²) in [4.78, 5) is 17.0. The van der Waals surface area contributed by atoms with Crippen molar-refractivity contribution in [2.75, 3.05) is 30.4 Å². The lowest BCUT2D eigenvalue weighted by Crippen LogP contribution is -2.22. The topological polar surface area (TPSA) is 134 Å². The number of aromatic nitrogens is 1. The summed E-state index contributed by atoms with van der Waals surface area (Å²) in [5, 5.41) is 16.5. The van der Waals surface area contributed by atoms with E-state index in [0.717, 1.165) is 12.1 Å². The normalized spacial score (nSPS) is 15.0. The van der Waals surface area contributed by atoms with E-state index in [1.165, 1.54) is 12.3 Å². The molecule has 5 N–H and O–H groups in total. The van der Waals surface area contributed by atoms with Crippen LogP contribution in [0.4, 0.5) is 17.1 Å². The maximum Gasteiger partial charge on any atom is 0.248 e. The Morgan fingerprint density at radius 3 is 3.00 bits per heavy atom. The van der Waals surface area contributed by atoms with E-state index >= 15 is 0 Å². The van der Waals surface area contributed by atoms with Crippen LogP contribution in [0.5, 0.6) is 5.75 Å². The number of benzene rings is 2. The van der Waals surface area contributed by atoms with E-state index in [1.54, 1.807) is 18.2 Å². The molecule has 9 heteroatoms. The number of pyridine rings is 1. The van der Waals surface area contributed by atoms with Crippen LogP contribution >= 0.6 is 0 Å². The zero-order valence-electron chi connectivity index (χ0n) is 18.9. The highest BCUT2D eigenvalue weighted by Crippen LogP contribution is 2.37. The molecule has 1 atom stereocenters. The summed E-state index contributed by atoms with van der Waals surface area (Å²) in [5.74, 6) is 7.96. The number of carbonyl (C=O) groups is 1. The zero-order chi connectivity index (χ0) is 24.6. The van der Waals surface area contributed by atoms with Crippen LogP contribution < -0.4 is 26.6 Å². The predicted octanol–water partition coefficient (Wildman–Crippen LogP) is 2.96. The van der Waals surface area contributed by atoms with Gasteiger partial charge in [-0.3, -0.25) is 21.0 Å². The molecular formula is C26H24N6O3. The number of hydrogen-bond donors (Lipinski definition) is 4. The Morgan fingerprint density at radius 2 is 2.26 bits per heavy atom. The van der Waals surface area contributed by atoms with Crippen LogP contribution in [0.2, 0.25) is 0 Å². The first-order valence-corrected chi connectivity index (χ1v) is 11.0. The van der Waals surface area contributed by atoms with E-state index in [2.05, 4.69) is 33.0 Å². The van der Waals surface area contributed by atoms with Gasteiger partial charge in [-0.25, -0.2) is 0 Å². The first kappa shape index (κ1) is 23.7. The molecule has 4 rings (SSSR count). The van der Waals surface area contributed by atoms with Crippen LogP contribution in [0.15, 0.2) is 54.7 Å². The van der Waals surface area contributed by atoms with Crippen molar-refractivity contribution in [3.63, 3.8) is 0 Å². The average Bonchev–Trinajstić information content (AvgIpc) is 3.38. The monoisotopic (exact) mass is 468 g/mol. The summed E-state index contributed by atoms with van der Waals surface area (Å²) in [7, 11) is 0. The second-order valence-corrected chi connectivity index (χ2v) is 7.78. The highest BCUT2D eigenvalue weighted by Gasteiger charge is 2.21. The third-order valence-electron chi connectivity index (χ3n) is 5.33. The molecule has 0 aliphatic carbocycles. The lowest BCUT2D eigenvalue weighted by molar-refractivity contribution is -0.111. The van der Waals surface area contributed by atoms with Gasteiger partial charge in [0.1, 0.15) is 17.9 Å². The number of terminal acetylenes is 1. The number of nitriles is 1. The molecule has 2 heterocycles. The summed E-state index contributed by atoms with van der Waals surface area (Å²) in [6.07, 6.45) is 10.6. The van der Waals surface area contributed by atoms with Crippen molar-refractivity contribution in [1.82, 2.24) is 10.4 Å². The Kier molecular flexibility index (Phi) is 7.56. The molecule has 2 aromatic carbocycles. The van der Waals surface area contributed by atoms with Gasteiger partial charge >= 0.3 is 0 Å². The maximum atomic E-state index is 12.5. The number of nitrogens with one attached hydrogen (secondary N) is 3. The molecular weight excluding hydrogens is 444 g/mol. The summed E-state index contributed by atoms with van der Waals surface area (Å²) in [6, 6.07) is 13.0. The maximum absolute atomic E-state index is 12.5. The number of ether oxygens (including phenoxy) is 2. The standard InChI is InChI=1S/C26H24N6O3/c1-2-17-5-3-6-19(11-17)31-26-18(14-27)15-29-22-13-24(35-20-8-10-34-16-20)23(12-21(22)26)32-25(33)7-4-9-30-28/h1,3-7,11-13,15,20,30H,8-10,16,28H2,(H,29,31)(H,32,33)/b7-4+. The molecule has 1 aliphatic rings. The Bertz CT molecular complexity index is 1350. The minimum Gasteiger partial charge on any atom is -0.486 e. The number of fused-ring (bicyclic) bond motifs is 1. The van der Waals surface area contributed by atoms with E-state index in [9.17, 15) is 10.1 Å². The van der Waals surface area contributed by atoms with Crippen LogP contribution in [-0.2, 0) is 9.53 Å². The molecule has 1 aliphatic heterocycles. The first-order chi connectivity index (χ1) is 17.1. The van der Waals surface area contributed by atoms with Crippen molar-refractivity contribution < 1.29 is 14.3 Å². The minimum absolute atomic E-state index is 0.137. The number of hydrazine groups is 1. The number of rotatable bonds is 8. The number of nitrogens with two attached hydrogens (primary N) is 1. The first-order valence-electron chi connectivity index (χ1n) is 11.0. The van der Waals surface area contributed by atoms with Gasteiger partial charge in [-0.05, 0) is 24.3 Å². The van der Waals surface area contributed by atoms with E-state index in [0.29, 0.717) is 58.9 Å². The smallest absolute Gasteiger partial charge is 0.248 e. The molecule has 35 heavy (non-hydrogen) atoms. The van der Waals surface area contributed by atoms with Gasteiger partial charge in [0.25, 0.3) is 0 Å². The molecule has 176 valence electrons. The van der Waals surface area contributed by atoms with Gasteiger partial charge in [0.15, 0.2) is 0 Å². The SMILES string of the molecule is C#Cc1cccc(Nc2c(C#N)cnc3cc(OC4CCOC4)c(NC(=O)/C=C/CNN)cc23)c1. The van der Waals surface area contributed by atoms with Gasteiger partial charge < -0.3 is 20.1 Å². The summed E-state index contributed by atoms with van der Waals surface area (Å²) in [5.41, 5.74) is 5.79. The average molecular weight is 469 g/mol. The molecule has 1 fully saturated rings. The van der Waals surface area contributed by atoms with Crippen molar-refractivity contribution in [2.24, 2.45) is 5.84 Å². The fourth-order valence-corrected chi connectivity index (χ4v) is 3.66. The van der Waals surface area contributed by atoms with Gasteiger partial charge in [-0.15, -0.1) is 6.42 Å². The van der Waals surface area contributed by atoms with Crippen LogP contribution in [0.1, 0.15) is 17.5 Å². The van der Waals surface area contributed by atoms with Crippen molar-refractivity contribution in [3.8, 4) is 24.2 Å². The number of carbonyl (C=O) groups excluding carboxylic acids is 1. The largest absolute Gasteiger partial charge is 0.486 e. The lowest BCUT2D eigenvalue weighted by atomic mass is 10.1. The molecule has 0 saturated carbocycles. The van der Waals surface area contributed by atoms with Crippen molar-refractivity contribution in [3.05, 3.63) is 65.9 Å². The second kappa shape index (κ2) is 11.1. The van der Waals surface area contributed by atoms with Gasteiger partial charge in [0.05, 0.1) is 35.7 Å². The van der Waals surface area contributed by atoms with Crippen LogP contribution in [-0.4, -0.2) is 36.8 Å². The van der Waals surface area contributed by atoms with Crippen molar-refractivity contribution in [2.45, 2.75) is 12.5 Å². The Labute approximate surface area is 202 Å². The van der Waals surface area contributed by atoms with Gasteiger partial charge in [-0.1, -0.05) is 18.1 Å². The van der Waals surface area contributed by atoms with E-state index in [4.69, 9.17) is 21.7 Å². The molecule has 0 bridgehead atoms. The van der Waals surface area contributed by atoms with Gasteiger partial charge in [0.2, 0.25) is 5.91 Å². The number of anilines is 3. The fraction of sp³-hybridized carbons (Fsp3) is 0.192. The highest BCUT2D eigenvalue weighted by atomic mass is 16.5. The van der Waals surface area contributed by atoms with E-state index < -0.39 is 0 Å². The van der Waals surface area contributed by atoms with Crippen LogP contribution in [0, 0.1) is 23.7 Å². The molecule has 1 unspecified atom stereocenters. The molecule has 3 aromatic rings. The van der Waals surface area contributed by atoms with Gasteiger partial charge in [0, 0.05) is 47.9 Å². The Hall–Kier alpha value is -4.41. The lowest BCUT2D eigenvalue weighted by Gasteiger charge is -2.18. The van der Waals surface area contributed by atoms with Gasteiger partial charge in [-0.2, -0.15) is 5.26 Å². The Balaban J connectivity index is 1.79.